The third kappa shape index (κ3) is 4.23. The van der Waals surface area contributed by atoms with Gasteiger partial charge in [0.15, 0.2) is 11.5 Å². The molecule has 2 aromatic rings. The van der Waals surface area contributed by atoms with Crippen LogP contribution in [0.15, 0.2) is 18.2 Å². The van der Waals surface area contributed by atoms with Crippen molar-refractivity contribution < 1.29 is 14.3 Å². The first-order valence-corrected chi connectivity index (χ1v) is 8.70. The van der Waals surface area contributed by atoms with Crippen molar-refractivity contribution in [3.05, 3.63) is 34.3 Å². The molecule has 1 aromatic heterocycles. The summed E-state index contributed by atoms with van der Waals surface area (Å²) in [5.74, 6) is 1.18. The van der Waals surface area contributed by atoms with Gasteiger partial charge in [-0.3, -0.25) is 4.79 Å². The van der Waals surface area contributed by atoms with Gasteiger partial charge in [-0.2, -0.15) is 0 Å². The zero-order chi connectivity index (χ0) is 17.7. The van der Waals surface area contributed by atoms with Gasteiger partial charge in [0.05, 0.1) is 24.9 Å². The van der Waals surface area contributed by atoms with Gasteiger partial charge < -0.3 is 14.8 Å². The van der Waals surface area contributed by atoms with E-state index in [9.17, 15) is 4.79 Å². The van der Waals surface area contributed by atoms with E-state index >= 15 is 0 Å². The molecule has 130 valence electrons. The fourth-order valence-electron chi connectivity index (χ4n) is 2.26. The summed E-state index contributed by atoms with van der Waals surface area (Å²) in [4.78, 5) is 13.0. The molecule has 0 aliphatic carbocycles. The highest BCUT2D eigenvalue weighted by atomic mass is 32.1. The van der Waals surface area contributed by atoms with Crippen LogP contribution < -0.4 is 14.8 Å². The fraction of sp³-hybridized carbons (Fsp3) is 0.471. The van der Waals surface area contributed by atoms with Crippen molar-refractivity contribution in [2.24, 2.45) is 0 Å². The highest BCUT2D eigenvalue weighted by Crippen LogP contribution is 2.31. The normalized spacial score (nSPS) is 12.1. The number of nitrogens with one attached hydrogen (secondary N) is 1. The van der Waals surface area contributed by atoms with Crippen molar-refractivity contribution in [1.82, 2.24) is 14.9 Å². The molecule has 0 spiro atoms. The number of hydrogen-bond donors (Lipinski definition) is 1. The van der Waals surface area contributed by atoms with Crippen molar-refractivity contribution in [2.75, 3.05) is 7.11 Å². The number of nitrogens with zero attached hydrogens (tertiary/aromatic N) is 2. The van der Waals surface area contributed by atoms with Crippen molar-refractivity contribution in [3.8, 4) is 11.5 Å². The zero-order valence-electron chi connectivity index (χ0n) is 14.6. The van der Waals surface area contributed by atoms with Crippen LogP contribution in [0.4, 0.5) is 0 Å². The molecular weight excluding hydrogens is 326 g/mol. The number of amides is 1. The maximum atomic E-state index is 12.4. The quantitative estimate of drug-likeness (QED) is 0.829. The Hall–Kier alpha value is -2.15. The Morgan fingerprint density at radius 2 is 2.04 bits per heavy atom. The summed E-state index contributed by atoms with van der Waals surface area (Å²) in [7, 11) is 1.60. The average Bonchev–Trinajstić information content (AvgIpc) is 3.03. The molecule has 0 unspecified atom stereocenters. The molecule has 0 bridgehead atoms. The molecule has 24 heavy (non-hydrogen) atoms. The molecule has 6 nitrogen and oxygen atoms in total. The topological polar surface area (TPSA) is 73.3 Å². The average molecular weight is 349 g/mol. The Morgan fingerprint density at radius 1 is 1.29 bits per heavy atom. The third-order valence-electron chi connectivity index (χ3n) is 3.49. The van der Waals surface area contributed by atoms with Gasteiger partial charge in [0, 0.05) is 0 Å². The molecule has 0 radical (unpaired) electrons. The van der Waals surface area contributed by atoms with Crippen molar-refractivity contribution in [2.45, 2.75) is 46.3 Å². The number of benzene rings is 1. The van der Waals surface area contributed by atoms with Crippen LogP contribution in [0.1, 0.15) is 54.7 Å². The van der Waals surface area contributed by atoms with Crippen molar-refractivity contribution >= 4 is 17.4 Å². The molecule has 1 N–H and O–H groups in total. The minimum atomic E-state index is -0.175. The van der Waals surface area contributed by atoms with E-state index in [1.165, 1.54) is 0 Å². The lowest BCUT2D eigenvalue weighted by molar-refractivity contribution is 0.0943. The standard InChI is InChI=1S/C17H23N3O3S/c1-6-13-16(24-20-19-13)17(21)18-11(4)12-7-8-14(23-10(2)3)15(9-12)22-5/h7-11H,6H2,1-5H3,(H,18,21)/t11-/m0/s1. The summed E-state index contributed by atoms with van der Waals surface area (Å²) in [5, 5.41) is 6.95. The van der Waals surface area contributed by atoms with Gasteiger partial charge in [0.1, 0.15) is 4.88 Å². The maximum absolute atomic E-state index is 12.4. The van der Waals surface area contributed by atoms with Crippen LogP contribution in [-0.2, 0) is 6.42 Å². The lowest BCUT2D eigenvalue weighted by Crippen LogP contribution is -2.26. The van der Waals surface area contributed by atoms with Gasteiger partial charge in [-0.15, -0.1) is 5.10 Å². The predicted molar refractivity (Wildman–Crippen MR) is 93.9 cm³/mol. The van der Waals surface area contributed by atoms with Crippen LogP contribution >= 0.6 is 11.5 Å². The van der Waals surface area contributed by atoms with Crippen LogP contribution in [0.3, 0.4) is 0 Å². The van der Waals surface area contributed by atoms with Crippen LogP contribution in [0.5, 0.6) is 11.5 Å². The van der Waals surface area contributed by atoms with E-state index < -0.39 is 0 Å². The summed E-state index contributed by atoms with van der Waals surface area (Å²) in [6.45, 7) is 7.81. The number of hydrogen-bond acceptors (Lipinski definition) is 6. The van der Waals surface area contributed by atoms with Crippen LogP contribution in [0.2, 0.25) is 0 Å². The Bertz CT molecular complexity index is 700. The molecule has 0 aliphatic heterocycles. The summed E-state index contributed by atoms with van der Waals surface area (Å²) >= 11 is 1.12. The molecule has 1 atom stereocenters. The number of ether oxygens (including phenoxy) is 2. The highest BCUT2D eigenvalue weighted by Gasteiger charge is 2.18. The van der Waals surface area contributed by atoms with Gasteiger partial charge in [-0.25, -0.2) is 0 Å². The molecule has 2 rings (SSSR count). The van der Waals surface area contributed by atoms with E-state index in [1.807, 2.05) is 45.9 Å². The number of rotatable bonds is 7. The first-order valence-electron chi connectivity index (χ1n) is 7.92. The minimum absolute atomic E-state index is 0.0631. The van der Waals surface area contributed by atoms with Gasteiger partial charge in [0.2, 0.25) is 0 Å². The molecule has 0 saturated heterocycles. The molecule has 0 saturated carbocycles. The van der Waals surface area contributed by atoms with E-state index in [0.717, 1.165) is 22.8 Å². The lowest BCUT2D eigenvalue weighted by atomic mass is 10.1. The molecule has 0 aliphatic rings. The van der Waals surface area contributed by atoms with E-state index in [2.05, 4.69) is 14.9 Å². The Morgan fingerprint density at radius 3 is 2.67 bits per heavy atom. The number of carbonyl (C=O) groups excluding carboxylic acids is 1. The van der Waals surface area contributed by atoms with Gasteiger partial charge >= 0.3 is 0 Å². The third-order valence-corrected chi connectivity index (χ3v) is 4.26. The smallest absolute Gasteiger partial charge is 0.265 e. The van der Waals surface area contributed by atoms with Gasteiger partial charge in [0.25, 0.3) is 5.91 Å². The monoisotopic (exact) mass is 349 g/mol. The first-order chi connectivity index (χ1) is 11.5. The second kappa shape index (κ2) is 8.10. The number of aromatic nitrogens is 2. The molecule has 0 fully saturated rings. The highest BCUT2D eigenvalue weighted by molar-refractivity contribution is 7.08. The molecule has 1 amide bonds. The summed E-state index contributed by atoms with van der Waals surface area (Å²) in [6, 6.07) is 5.50. The summed E-state index contributed by atoms with van der Waals surface area (Å²) in [6.07, 6.45) is 0.746. The largest absolute Gasteiger partial charge is 0.493 e. The Kier molecular flexibility index (Phi) is 6.14. The zero-order valence-corrected chi connectivity index (χ0v) is 15.4. The number of methoxy groups -OCH3 is 1. The van der Waals surface area contributed by atoms with E-state index in [-0.39, 0.29) is 18.1 Å². The number of aryl methyl sites for hydroxylation is 1. The Balaban J connectivity index is 2.14. The lowest BCUT2D eigenvalue weighted by Gasteiger charge is -2.18. The van der Waals surface area contributed by atoms with Crippen molar-refractivity contribution in [1.29, 1.82) is 0 Å². The van der Waals surface area contributed by atoms with Crippen LogP contribution in [-0.4, -0.2) is 28.7 Å². The second-order valence-electron chi connectivity index (χ2n) is 5.67. The molecule has 1 aromatic carbocycles. The molecule has 7 heteroatoms. The van der Waals surface area contributed by atoms with E-state index in [4.69, 9.17) is 9.47 Å². The first kappa shape index (κ1) is 18.2. The second-order valence-corrected chi connectivity index (χ2v) is 6.43. The van der Waals surface area contributed by atoms with Crippen molar-refractivity contribution in [3.63, 3.8) is 0 Å². The molecule has 1 heterocycles. The SMILES string of the molecule is CCc1nnsc1C(=O)N[C@@H](C)c1ccc(OC(C)C)c(OC)c1. The fourth-order valence-corrected chi connectivity index (χ4v) is 2.92. The molecular formula is C17H23N3O3S. The van der Waals surface area contributed by atoms with Gasteiger partial charge in [-0.1, -0.05) is 17.5 Å². The minimum Gasteiger partial charge on any atom is -0.493 e. The van der Waals surface area contributed by atoms with Crippen LogP contribution in [0, 0.1) is 0 Å². The van der Waals surface area contributed by atoms with E-state index in [1.54, 1.807) is 7.11 Å². The summed E-state index contributed by atoms with van der Waals surface area (Å²) in [5.41, 5.74) is 1.66. The number of carbonyl (C=O) groups is 1. The Labute approximate surface area is 146 Å². The van der Waals surface area contributed by atoms with E-state index in [0.29, 0.717) is 22.8 Å². The van der Waals surface area contributed by atoms with Crippen LogP contribution in [0.25, 0.3) is 0 Å². The summed E-state index contributed by atoms with van der Waals surface area (Å²) < 4.78 is 15.0. The predicted octanol–water partition coefficient (Wildman–Crippen LogP) is 3.39. The maximum Gasteiger partial charge on any atom is 0.265 e. The van der Waals surface area contributed by atoms with Gasteiger partial charge in [-0.05, 0) is 56.4 Å².